The number of nitrogens with zero attached hydrogens (tertiary/aromatic N) is 4. The molecule has 2 aromatic rings. The van der Waals surface area contributed by atoms with Crippen LogP contribution in [0.3, 0.4) is 0 Å². The minimum atomic E-state index is -0.783. The van der Waals surface area contributed by atoms with Crippen LogP contribution >= 0.6 is 0 Å². The van der Waals surface area contributed by atoms with Gasteiger partial charge >= 0.3 is 0 Å². The minimum Gasteiger partial charge on any atom is -0.371 e. The molecule has 1 saturated heterocycles. The van der Waals surface area contributed by atoms with E-state index in [0.717, 1.165) is 24.3 Å². The predicted octanol–water partition coefficient (Wildman–Crippen LogP) is 2.50. The van der Waals surface area contributed by atoms with Crippen molar-refractivity contribution in [2.24, 2.45) is 10.8 Å². The molecule has 162 valence electrons. The van der Waals surface area contributed by atoms with E-state index in [1.165, 1.54) is 42.1 Å². The number of rotatable bonds is 6. The zero-order valence-corrected chi connectivity index (χ0v) is 17.5. The molecule has 0 spiro atoms. The maximum atomic E-state index is 13.3. The van der Waals surface area contributed by atoms with Gasteiger partial charge in [0.1, 0.15) is 17.6 Å². The number of amides is 2. The Morgan fingerprint density at radius 3 is 2.48 bits per heavy atom. The Bertz CT molecular complexity index is 1000. The van der Waals surface area contributed by atoms with Crippen molar-refractivity contribution in [2.75, 3.05) is 30.0 Å². The van der Waals surface area contributed by atoms with Crippen molar-refractivity contribution in [1.29, 1.82) is 0 Å². The highest BCUT2D eigenvalue weighted by Crippen LogP contribution is 2.27. The van der Waals surface area contributed by atoms with E-state index in [-0.39, 0.29) is 18.0 Å². The highest BCUT2D eigenvalue weighted by atomic mass is 19.1. The Morgan fingerprint density at radius 2 is 1.81 bits per heavy atom. The molecule has 1 unspecified atom stereocenters. The molecule has 2 aromatic carbocycles. The fourth-order valence-electron chi connectivity index (χ4n) is 4.15. The molecule has 2 heterocycles. The molecular formula is C23H26FN5O2. The topological polar surface area (TPSA) is 82.2 Å². The smallest absolute Gasteiger partial charge is 0.270 e. The lowest BCUT2D eigenvalue weighted by Gasteiger charge is -2.24. The fourth-order valence-corrected chi connectivity index (χ4v) is 4.15. The van der Waals surface area contributed by atoms with Crippen LogP contribution in [0, 0.1) is 5.82 Å². The lowest BCUT2D eigenvalue weighted by atomic mass is 10.1. The molecule has 4 rings (SSSR count). The maximum absolute atomic E-state index is 13.3. The number of benzene rings is 2. The van der Waals surface area contributed by atoms with Gasteiger partial charge in [-0.1, -0.05) is 18.2 Å². The first-order valence-corrected chi connectivity index (χ1v) is 10.4. The van der Waals surface area contributed by atoms with Gasteiger partial charge in [0.2, 0.25) is 5.91 Å². The molecule has 0 radical (unpaired) electrons. The van der Waals surface area contributed by atoms with Crippen LogP contribution in [-0.4, -0.2) is 48.6 Å². The molecule has 1 fully saturated rings. The number of para-hydroxylation sites is 1. The molecule has 7 nitrogen and oxygen atoms in total. The van der Waals surface area contributed by atoms with Gasteiger partial charge in [-0.05, 0) is 48.7 Å². The van der Waals surface area contributed by atoms with Crippen molar-refractivity contribution in [1.82, 2.24) is 4.90 Å². The fraction of sp³-hybridized carbons (Fsp3) is 0.348. The van der Waals surface area contributed by atoms with Gasteiger partial charge in [0, 0.05) is 38.8 Å². The predicted molar refractivity (Wildman–Crippen MR) is 118 cm³/mol. The molecule has 8 heteroatoms. The van der Waals surface area contributed by atoms with Crippen molar-refractivity contribution in [2.45, 2.75) is 31.8 Å². The number of anilines is 2. The number of halogens is 1. The van der Waals surface area contributed by atoms with Gasteiger partial charge in [-0.3, -0.25) is 14.6 Å². The molecule has 1 atom stereocenters. The van der Waals surface area contributed by atoms with Crippen LogP contribution in [0.1, 0.15) is 24.8 Å². The minimum absolute atomic E-state index is 0.115. The molecule has 2 aliphatic rings. The molecule has 0 aliphatic carbocycles. The van der Waals surface area contributed by atoms with Crippen LogP contribution < -0.4 is 15.6 Å². The second-order valence-corrected chi connectivity index (χ2v) is 7.97. The summed E-state index contributed by atoms with van der Waals surface area (Å²) in [6, 6.07) is 12.9. The highest BCUT2D eigenvalue weighted by Gasteiger charge is 2.36. The molecule has 0 saturated carbocycles. The molecule has 2 amide bonds. The summed E-state index contributed by atoms with van der Waals surface area (Å²) in [6.07, 6.45) is 2.46. The van der Waals surface area contributed by atoms with Crippen molar-refractivity contribution in [3.8, 4) is 0 Å². The van der Waals surface area contributed by atoms with Gasteiger partial charge in [0.05, 0.1) is 5.69 Å². The molecule has 0 bridgehead atoms. The second kappa shape index (κ2) is 8.75. The van der Waals surface area contributed by atoms with E-state index >= 15 is 0 Å². The normalized spacial score (nSPS) is 18.3. The Morgan fingerprint density at radius 1 is 1.13 bits per heavy atom. The third-order valence-corrected chi connectivity index (χ3v) is 5.77. The highest BCUT2D eigenvalue weighted by molar-refractivity contribution is 6.40. The Hall–Kier alpha value is -3.42. The third kappa shape index (κ3) is 4.38. The summed E-state index contributed by atoms with van der Waals surface area (Å²) in [5.74, 6) is -1.24. The van der Waals surface area contributed by atoms with Crippen molar-refractivity contribution < 1.29 is 14.0 Å². The van der Waals surface area contributed by atoms with Gasteiger partial charge in [0.25, 0.3) is 5.91 Å². The number of primary amides is 1. The zero-order valence-electron chi connectivity index (χ0n) is 17.5. The number of carbonyl (C=O) groups excluding carboxylic acids is 2. The monoisotopic (exact) mass is 423 g/mol. The van der Waals surface area contributed by atoms with Crippen molar-refractivity contribution in [3.63, 3.8) is 0 Å². The van der Waals surface area contributed by atoms with E-state index in [1.807, 2.05) is 18.2 Å². The summed E-state index contributed by atoms with van der Waals surface area (Å²) in [5, 5.41) is 5.78. The van der Waals surface area contributed by atoms with Crippen LogP contribution in [-0.2, 0) is 16.1 Å². The summed E-state index contributed by atoms with van der Waals surface area (Å²) >= 11 is 0. The van der Waals surface area contributed by atoms with E-state index in [4.69, 9.17) is 5.73 Å². The van der Waals surface area contributed by atoms with E-state index in [2.05, 4.69) is 16.1 Å². The zero-order chi connectivity index (χ0) is 22.0. The average Bonchev–Trinajstić information content (AvgIpc) is 3.44. The Kier molecular flexibility index (Phi) is 5.88. The summed E-state index contributed by atoms with van der Waals surface area (Å²) in [7, 11) is 1.73. The number of hydrogen-bond donors (Lipinski definition) is 1. The van der Waals surface area contributed by atoms with Crippen LogP contribution in [0.25, 0.3) is 0 Å². The molecular weight excluding hydrogens is 397 g/mol. The number of hydrogen-bond acceptors (Lipinski definition) is 5. The van der Waals surface area contributed by atoms with Crippen LogP contribution in [0.4, 0.5) is 15.8 Å². The summed E-state index contributed by atoms with van der Waals surface area (Å²) in [5.41, 5.74) is 8.54. The third-order valence-electron chi connectivity index (χ3n) is 5.77. The SMILES string of the molecule is CN(Cc1ccccc1N1CCCC1)C(=O)C1=NN(c2ccc(F)cc2)C(C(N)=O)C1. The summed E-state index contributed by atoms with van der Waals surface area (Å²) in [6.45, 7) is 2.48. The van der Waals surface area contributed by atoms with E-state index < -0.39 is 17.8 Å². The second-order valence-electron chi connectivity index (χ2n) is 7.97. The van der Waals surface area contributed by atoms with Gasteiger partial charge in [-0.25, -0.2) is 4.39 Å². The van der Waals surface area contributed by atoms with Crippen molar-refractivity contribution >= 4 is 28.9 Å². The van der Waals surface area contributed by atoms with Gasteiger partial charge < -0.3 is 15.5 Å². The number of nitrogens with two attached hydrogens (primary N) is 1. The number of carbonyl (C=O) groups is 2. The first kappa shape index (κ1) is 20.8. The molecule has 0 aromatic heterocycles. The first-order valence-electron chi connectivity index (χ1n) is 10.4. The quantitative estimate of drug-likeness (QED) is 0.774. The lowest BCUT2D eigenvalue weighted by Crippen LogP contribution is -2.40. The van der Waals surface area contributed by atoms with Crippen LogP contribution in [0.2, 0.25) is 0 Å². The number of hydrazone groups is 1. The van der Waals surface area contributed by atoms with E-state index in [0.29, 0.717) is 12.2 Å². The molecule has 2 N–H and O–H groups in total. The molecule has 2 aliphatic heterocycles. The Balaban J connectivity index is 1.53. The lowest BCUT2D eigenvalue weighted by molar-refractivity contribution is -0.123. The summed E-state index contributed by atoms with van der Waals surface area (Å²) in [4.78, 5) is 29.1. The van der Waals surface area contributed by atoms with Crippen LogP contribution in [0.15, 0.2) is 53.6 Å². The van der Waals surface area contributed by atoms with E-state index in [1.54, 1.807) is 11.9 Å². The van der Waals surface area contributed by atoms with Gasteiger partial charge in [0.15, 0.2) is 0 Å². The van der Waals surface area contributed by atoms with Crippen molar-refractivity contribution in [3.05, 3.63) is 59.9 Å². The average molecular weight is 423 g/mol. The summed E-state index contributed by atoms with van der Waals surface area (Å²) < 4.78 is 13.3. The van der Waals surface area contributed by atoms with E-state index in [9.17, 15) is 14.0 Å². The first-order chi connectivity index (χ1) is 14.9. The Labute approximate surface area is 180 Å². The van der Waals surface area contributed by atoms with Gasteiger partial charge in [-0.2, -0.15) is 5.10 Å². The maximum Gasteiger partial charge on any atom is 0.270 e. The van der Waals surface area contributed by atoms with Crippen LogP contribution in [0.5, 0.6) is 0 Å². The standard InChI is InChI=1S/C23H26FN5O2/c1-27(15-16-6-2-3-7-20(16)28-12-4-5-13-28)23(31)19-14-21(22(25)30)29(26-19)18-10-8-17(24)9-11-18/h2-3,6-11,21H,4-5,12-15H2,1H3,(H2,25,30). The van der Waals surface area contributed by atoms with Gasteiger partial charge in [-0.15, -0.1) is 0 Å². The molecule has 31 heavy (non-hydrogen) atoms. The largest absolute Gasteiger partial charge is 0.371 e.